The van der Waals surface area contributed by atoms with Crippen LogP contribution in [0.1, 0.15) is 33.6 Å². The van der Waals surface area contributed by atoms with Crippen LogP contribution >= 0.6 is 24.0 Å². The van der Waals surface area contributed by atoms with Gasteiger partial charge >= 0.3 is 0 Å². The molecule has 27 heavy (non-hydrogen) atoms. The number of ether oxygens (including phenoxy) is 2. The summed E-state index contributed by atoms with van der Waals surface area (Å²) >= 11 is 0. The van der Waals surface area contributed by atoms with Crippen LogP contribution in [0.2, 0.25) is 0 Å². The number of anilines is 1. The van der Waals surface area contributed by atoms with Crippen LogP contribution in [-0.4, -0.2) is 51.3 Å². The molecule has 0 fully saturated rings. The maximum absolute atomic E-state index is 11.7. The lowest BCUT2D eigenvalue weighted by atomic mass is 10.3. The number of methoxy groups -OCH3 is 1. The predicted octanol–water partition coefficient (Wildman–Crippen LogP) is 3.01. The molecule has 0 spiro atoms. The van der Waals surface area contributed by atoms with E-state index in [0.717, 1.165) is 24.4 Å². The molecule has 0 unspecified atom stereocenters. The Labute approximate surface area is 179 Å². The van der Waals surface area contributed by atoms with Crippen molar-refractivity contribution in [1.29, 1.82) is 0 Å². The molecule has 0 atom stereocenters. The van der Waals surface area contributed by atoms with E-state index in [4.69, 9.17) is 9.47 Å². The fraction of sp³-hybridized carbons (Fsp3) is 0.579. The summed E-state index contributed by atoms with van der Waals surface area (Å²) in [6, 6.07) is 7.85. The molecule has 0 radical (unpaired) electrons. The number of nitrogens with zero attached hydrogens (tertiary/aromatic N) is 1. The summed E-state index contributed by atoms with van der Waals surface area (Å²) in [7, 11) is 1.68. The van der Waals surface area contributed by atoms with Crippen LogP contribution in [0.5, 0.6) is 5.75 Å². The van der Waals surface area contributed by atoms with Gasteiger partial charge in [0.25, 0.3) is 0 Å². The number of amides is 1. The van der Waals surface area contributed by atoms with Crippen LogP contribution in [0.25, 0.3) is 0 Å². The highest BCUT2D eigenvalue weighted by Gasteiger charge is 2.04. The zero-order valence-corrected chi connectivity index (χ0v) is 19.0. The summed E-state index contributed by atoms with van der Waals surface area (Å²) in [6.07, 6.45) is 1.20. The van der Waals surface area contributed by atoms with E-state index in [1.54, 1.807) is 7.11 Å². The minimum atomic E-state index is 0. The van der Waals surface area contributed by atoms with Gasteiger partial charge in [-0.15, -0.1) is 24.0 Å². The second-order valence-corrected chi connectivity index (χ2v) is 6.08. The first-order valence-electron chi connectivity index (χ1n) is 9.11. The van der Waals surface area contributed by atoms with Crippen LogP contribution in [0.4, 0.5) is 5.69 Å². The normalized spacial score (nSPS) is 10.9. The van der Waals surface area contributed by atoms with Crippen molar-refractivity contribution < 1.29 is 14.3 Å². The van der Waals surface area contributed by atoms with E-state index in [9.17, 15) is 4.79 Å². The Balaban J connectivity index is 0.00000676. The van der Waals surface area contributed by atoms with Crippen molar-refractivity contribution in [3.8, 4) is 5.75 Å². The van der Waals surface area contributed by atoms with Gasteiger partial charge in [0.2, 0.25) is 5.91 Å². The number of aliphatic imine (C=N–C) groups is 1. The molecule has 0 saturated carbocycles. The number of carbonyl (C=O) groups is 1. The van der Waals surface area contributed by atoms with Crippen LogP contribution in [-0.2, 0) is 9.53 Å². The monoisotopic (exact) mass is 492 g/mol. The summed E-state index contributed by atoms with van der Waals surface area (Å²) in [6.45, 7) is 8.32. The van der Waals surface area contributed by atoms with Gasteiger partial charge in [-0.05, 0) is 32.9 Å². The highest BCUT2D eigenvalue weighted by Crippen LogP contribution is 2.17. The Hall–Kier alpha value is -1.55. The van der Waals surface area contributed by atoms with Gasteiger partial charge in [0.15, 0.2) is 5.96 Å². The molecular formula is C19H33IN4O3. The predicted molar refractivity (Wildman–Crippen MR) is 121 cm³/mol. The minimum Gasteiger partial charge on any atom is -0.493 e. The molecule has 1 rings (SSSR count). The lowest BCUT2D eigenvalue weighted by Crippen LogP contribution is -2.32. The number of benzene rings is 1. The third-order valence-electron chi connectivity index (χ3n) is 3.26. The number of carbonyl (C=O) groups excluding carboxylic acids is 1. The number of hydrogen-bond acceptors (Lipinski definition) is 4. The van der Waals surface area contributed by atoms with Crippen molar-refractivity contribution in [1.82, 2.24) is 10.6 Å². The zero-order valence-electron chi connectivity index (χ0n) is 16.7. The van der Waals surface area contributed by atoms with Crippen molar-refractivity contribution in [2.24, 2.45) is 4.99 Å². The Morgan fingerprint density at radius 2 is 2.04 bits per heavy atom. The van der Waals surface area contributed by atoms with E-state index in [0.29, 0.717) is 32.1 Å². The van der Waals surface area contributed by atoms with Gasteiger partial charge in [0.05, 0.1) is 13.2 Å². The molecule has 1 aromatic rings. The fourth-order valence-electron chi connectivity index (χ4n) is 2.16. The molecule has 1 amide bonds. The molecule has 0 aliphatic carbocycles. The van der Waals surface area contributed by atoms with Crippen molar-refractivity contribution >= 4 is 41.5 Å². The topological polar surface area (TPSA) is 84.0 Å². The number of nitrogens with one attached hydrogen (secondary N) is 3. The summed E-state index contributed by atoms with van der Waals surface area (Å²) in [5.74, 6) is 1.44. The van der Waals surface area contributed by atoms with Crippen molar-refractivity contribution in [2.45, 2.75) is 39.7 Å². The number of rotatable bonds is 11. The van der Waals surface area contributed by atoms with Crippen LogP contribution in [0, 0.1) is 0 Å². The van der Waals surface area contributed by atoms with E-state index in [-0.39, 0.29) is 35.9 Å². The molecule has 0 aliphatic heterocycles. The molecular weight excluding hydrogens is 459 g/mol. The van der Waals surface area contributed by atoms with E-state index in [2.05, 4.69) is 20.9 Å². The molecule has 154 valence electrons. The Morgan fingerprint density at radius 3 is 2.70 bits per heavy atom. The minimum absolute atomic E-state index is 0. The van der Waals surface area contributed by atoms with Gasteiger partial charge in [0, 0.05) is 50.9 Å². The largest absolute Gasteiger partial charge is 0.493 e. The Morgan fingerprint density at radius 1 is 1.26 bits per heavy atom. The van der Waals surface area contributed by atoms with Gasteiger partial charge in [-0.2, -0.15) is 0 Å². The van der Waals surface area contributed by atoms with Gasteiger partial charge in [-0.25, -0.2) is 0 Å². The van der Waals surface area contributed by atoms with Crippen molar-refractivity contribution in [3.05, 3.63) is 24.3 Å². The average Bonchev–Trinajstić information content (AvgIpc) is 2.58. The molecule has 3 N–H and O–H groups in total. The summed E-state index contributed by atoms with van der Waals surface area (Å²) in [5, 5.41) is 9.27. The second-order valence-electron chi connectivity index (χ2n) is 6.08. The van der Waals surface area contributed by atoms with Gasteiger partial charge in [-0.1, -0.05) is 6.07 Å². The first kappa shape index (κ1) is 25.4. The van der Waals surface area contributed by atoms with Crippen LogP contribution < -0.4 is 20.7 Å². The highest BCUT2D eigenvalue weighted by molar-refractivity contribution is 14.0. The SMILES string of the molecule is CCNC(=NCCC(=O)NC(C)C)Nc1cccc(OCCCOC)c1.I. The van der Waals surface area contributed by atoms with Crippen molar-refractivity contribution in [3.63, 3.8) is 0 Å². The smallest absolute Gasteiger partial charge is 0.222 e. The third kappa shape index (κ3) is 12.5. The standard InChI is InChI=1S/C19H32N4O3.HI/c1-5-20-19(21-11-10-18(24)22-15(2)3)23-16-8-6-9-17(14-16)26-13-7-12-25-4;/h6,8-9,14-15H,5,7,10-13H2,1-4H3,(H,22,24)(H2,20,21,23);1H. The molecule has 0 bridgehead atoms. The van der Waals surface area contributed by atoms with Gasteiger partial charge < -0.3 is 25.4 Å². The van der Waals surface area contributed by atoms with Gasteiger partial charge in [-0.3, -0.25) is 9.79 Å². The second kappa shape index (κ2) is 15.5. The third-order valence-corrected chi connectivity index (χ3v) is 3.26. The zero-order chi connectivity index (χ0) is 19.2. The lowest BCUT2D eigenvalue weighted by molar-refractivity contribution is -0.121. The quantitative estimate of drug-likeness (QED) is 0.192. The highest BCUT2D eigenvalue weighted by atomic mass is 127. The molecule has 0 heterocycles. The summed E-state index contributed by atoms with van der Waals surface area (Å²) < 4.78 is 10.7. The maximum atomic E-state index is 11.7. The molecule has 0 aromatic heterocycles. The maximum Gasteiger partial charge on any atom is 0.222 e. The van der Waals surface area contributed by atoms with Crippen LogP contribution in [0.15, 0.2) is 29.3 Å². The molecule has 0 aliphatic rings. The van der Waals surface area contributed by atoms with Crippen LogP contribution in [0.3, 0.4) is 0 Å². The average molecular weight is 492 g/mol. The first-order valence-corrected chi connectivity index (χ1v) is 9.11. The number of guanidine groups is 1. The lowest BCUT2D eigenvalue weighted by Gasteiger charge is -2.13. The molecule has 8 heteroatoms. The molecule has 1 aromatic carbocycles. The number of hydrogen-bond donors (Lipinski definition) is 3. The van der Waals surface area contributed by atoms with E-state index < -0.39 is 0 Å². The molecule has 7 nitrogen and oxygen atoms in total. The van der Waals surface area contributed by atoms with E-state index in [1.807, 2.05) is 45.0 Å². The fourth-order valence-corrected chi connectivity index (χ4v) is 2.16. The Kier molecular flexibility index (Phi) is 14.6. The van der Waals surface area contributed by atoms with Gasteiger partial charge in [0.1, 0.15) is 5.75 Å². The summed E-state index contributed by atoms with van der Waals surface area (Å²) in [5.41, 5.74) is 0.876. The van der Waals surface area contributed by atoms with E-state index in [1.165, 1.54) is 0 Å². The first-order chi connectivity index (χ1) is 12.5. The Bertz CT molecular complexity index is 568. The summed E-state index contributed by atoms with van der Waals surface area (Å²) in [4.78, 5) is 16.1. The van der Waals surface area contributed by atoms with Crippen molar-refractivity contribution in [2.75, 3.05) is 38.7 Å². The van der Waals surface area contributed by atoms with E-state index >= 15 is 0 Å². The number of halogens is 1. The molecule has 0 saturated heterocycles.